The molecule has 0 amide bonds. The van der Waals surface area contributed by atoms with Crippen molar-refractivity contribution in [2.24, 2.45) is 4.99 Å². The molecule has 0 radical (unpaired) electrons. The second-order valence-electron chi connectivity index (χ2n) is 8.03. The number of hydrogen-bond donors (Lipinski definition) is 1. The molecule has 0 aliphatic carbocycles. The van der Waals surface area contributed by atoms with Gasteiger partial charge in [-0.05, 0) is 18.2 Å². The van der Waals surface area contributed by atoms with Crippen molar-refractivity contribution in [1.29, 1.82) is 0 Å². The monoisotopic (exact) mass is 438 g/mol. The quantitative estimate of drug-likeness (QED) is 0.529. The first kappa shape index (κ1) is 22.1. The van der Waals surface area contributed by atoms with Crippen LogP contribution in [0.4, 0.5) is 11.6 Å². The zero-order chi connectivity index (χ0) is 22.2. The van der Waals surface area contributed by atoms with E-state index in [1.54, 1.807) is 19.5 Å². The van der Waals surface area contributed by atoms with Gasteiger partial charge in [-0.1, -0.05) is 6.07 Å². The molecule has 32 heavy (non-hydrogen) atoms. The van der Waals surface area contributed by atoms with Crippen molar-refractivity contribution >= 4 is 17.6 Å². The van der Waals surface area contributed by atoms with Gasteiger partial charge in [-0.15, -0.1) is 0 Å². The van der Waals surface area contributed by atoms with Crippen LogP contribution < -0.4 is 19.9 Å². The lowest BCUT2D eigenvalue weighted by atomic mass is 10.2. The molecule has 9 heteroatoms. The summed E-state index contributed by atoms with van der Waals surface area (Å²) in [7, 11) is 3.58. The van der Waals surface area contributed by atoms with E-state index in [9.17, 15) is 0 Å². The fourth-order valence-corrected chi connectivity index (χ4v) is 4.27. The zero-order valence-corrected chi connectivity index (χ0v) is 19.2. The molecular formula is C23H34N8O. The second kappa shape index (κ2) is 11.0. The van der Waals surface area contributed by atoms with Crippen LogP contribution in [0.1, 0.15) is 0 Å². The van der Waals surface area contributed by atoms with Gasteiger partial charge in [-0.3, -0.25) is 9.89 Å². The predicted molar refractivity (Wildman–Crippen MR) is 129 cm³/mol. The molecule has 9 nitrogen and oxygen atoms in total. The Morgan fingerprint density at radius 3 is 2.38 bits per heavy atom. The van der Waals surface area contributed by atoms with Crippen molar-refractivity contribution in [2.75, 3.05) is 89.4 Å². The number of anilines is 2. The van der Waals surface area contributed by atoms with Crippen LogP contribution >= 0.6 is 0 Å². The lowest BCUT2D eigenvalue weighted by Gasteiger charge is -2.38. The normalized spacial score (nSPS) is 18.1. The Hall–Kier alpha value is -3.07. The van der Waals surface area contributed by atoms with Crippen LogP contribution in [0.5, 0.6) is 5.75 Å². The zero-order valence-electron chi connectivity index (χ0n) is 19.2. The van der Waals surface area contributed by atoms with E-state index in [-0.39, 0.29) is 0 Å². The number of nitrogens with one attached hydrogen (secondary N) is 1. The van der Waals surface area contributed by atoms with E-state index in [0.717, 1.165) is 83.1 Å². The van der Waals surface area contributed by atoms with E-state index in [1.807, 2.05) is 25.2 Å². The van der Waals surface area contributed by atoms with Gasteiger partial charge in [-0.2, -0.15) is 0 Å². The van der Waals surface area contributed by atoms with E-state index >= 15 is 0 Å². The fourth-order valence-electron chi connectivity index (χ4n) is 4.27. The Labute approximate surface area is 190 Å². The number of ether oxygens (including phenoxy) is 1. The van der Waals surface area contributed by atoms with E-state index in [0.29, 0.717) is 0 Å². The maximum absolute atomic E-state index is 5.37. The van der Waals surface area contributed by atoms with Crippen LogP contribution in [0.3, 0.4) is 0 Å². The molecule has 2 aliphatic heterocycles. The Bertz CT molecular complexity index is 861. The number of aromatic nitrogens is 2. The highest BCUT2D eigenvalue weighted by molar-refractivity contribution is 5.80. The van der Waals surface area contributed by atoms with Gasteiger partial charge in [0.2, 0.25) is 5.95 Å². The first-order valence-corrected chi connectivity index (χ1v) is 11.4. The van der Waals surface area contributed by atoms with Gasteiger partial charge in [-0.25, -0.2) is 9.97 Å². The molecule has 0 atom stereocenters. The standard InChI is InChI=1S/C23H34N8O/c1-24-22(30-17-15-29(16-18-30)20-5-3-6-21(19-20)32-2)27-9-10-28-11-13-31(14-12-28)23-25-7-4-8-26-23/h3-8,19H,9-18H2,1-2H3,(H,24,27). The summed E-state index contributed by atoms with van der Waals surface area (Å²) >= 11 is 0. The maximum Gasteiger partial charge on any atom is 0.225 e. The molecule has 2 aromatic rings. The third-order valence-corrected chi connectivity index (χ3v) is 6.13. The van der Waals surface area contributed by atoms with Crippen molar-refractivity contribution in [1.82, 2.24) is 25.1 Å². The molecule has 1 aromatic heterocycles. The molecule has 0 bridgehead atoms. The highest BCUT2D eigenvalue weighted by Crippen LogP contribution is 2.22. The van der Waals surface area contributed by atoms with Gasteiger partial charge in [0.25, 0.3) is 0 Å². The summed E-state index contributed by atoms with van der Waals surface area (Å²) in [4.78, 5) is 22.7. The minimum Gasteiger partial charge on any atom is -0.497 e. The molecule has 172 valence electrons. The van der Waals surface area contributed by atoms with Gasteiger partial charge in [0.15, 0.2) is 5.96 Å². The molecular weight excluding hydrogens is 404 g/mol. The average Bonchev–Trinajstić information content (AvgIpc) is 2.88. The van der Waals surface area contributed by atoms with Crippen molar-refractivity contribution in [3.8, 4) is 5.75 Å². The summed E-state index contributed by atoms with van der Waals surface area (Å²) in [6.07, 6.45) is 3.61. The minimum absolute atomic E-state index is 0.832. The average molecular weight is 439 g/mol. The van der Waals surface area contributed by atoms with Crippen LogP contribution in [0.25, 0.3) is 0 Å². The molecule has 0 saturated carbocycles. The van der Waals surface area contributed by atoms with Gasteiger partial charge in [0, 0.05) is 96.6 Å². The molecule has 0 unspecified atom stereocenters. The van der Waals surface area contributed by atoms with E-state index < -0.39 is 0 Å². The summed E-state index contributed by atoms with van der Waals surface area (Å²) in [5, 5.41) is 3.56. The van der Waals surface area contributed by atoms with E-state index in [4.69, 9.17) is 4.74 Å². The number of benzene rings is 1. The number of nitrogens with zero attached hydrogens (tertiary/aromatic N) is 7. The summed E-state index contributed by atoms with van der Waals surface area (Å²) < 4.78 is 5.37. The van der Waals surface area contributed by atoms with Crippen molar-refractivity contribution < 1.29 is 4.74 Å². The summed E-state index contributed by atoms with van der Waals surface area (Å²) in [6.45, 7) is 9.72. The first-order chi connectivity index (χ1) is 15.8. The van der Waals surface area contributed by atoms with Gasteiger partial charge in [0.1, 0.15) is 5.75 Å². The summed E-state index contributed by atoms with van der Waals surface area (Å²) in [6, 6.07) is 10.1. The number of rotatable bonds is 6. The molecule has 2 aliphatic rings. The lowest BCUT2D eigenvalue weighted by Crippen LogP contribution is -2.54. The van der Waals surface area contributed by atoms with Crippen molar-refractivity contribution in [2.45, 2.75) is 0 Å². The number of hydrogen-bond acceptors (Lipinski definition) is 7. The molecule has 4 rings (SSSR count). The van der Waals surface area contributed by atoms with Crippen molar-refractivity contribution in [3.05, 3.63) is 42.7 Å². The van der Waals surface area contributed by atoms with Crippen LogP contribution in [-0.4, -0.2) is 105 Å². The maximum atomic E-state index is 5.37. The highest BCUT2D eigenvalue weighted by Gasteiger charge is 2.21. The molecule has 2 fully saturated rings. The predicted octanol–water partition coefficient (Wildman–Crippen LogP) is 1.00. The molecule has 1 aromatic carbocycles. The smallest absolute Gasteiger partial charge is 0.225 e. The third-order valence-electron chi connectivity index (χ3n) is 6.13. The molecule has 1 N–H and O–H groups in total. The summed E-state index contributed by atoms with van der Waals surface area (Å²) in [5.41, 5.74) is 1.21. The summed E-state index contributed by atoms with van der Waals surface area (Å²) in [5.74, 6) is 2.73. The van der Waals surface area contributed by atoms with Gasteiger partial charge in [0.05, 0.1) is 7.11 Å². The number of guanidine groups is 1. The van der Waals surface area contributed by atoms with E-state index in [2.05, 4.69) is 52.0 Å². The molecule has 2 saturated heterocycles. The van der Waals surface area contributed by atoms with Crippen LogP contribution in [0.15, 0.2) is 47.7 Å². The minimum atomic E-state index is 0.832. The second-order valence-corrected chi connectivity index (χ2v) is 8.03. The first-order valence-electron chi connectivity index (χ1n) is 11.4. The highest BCUT2D eigenvalue weighted by atomic mass is 16.5. The molecule has 0 spiro atoms. The van der Waals surface area contributed by atoms with Crippen LogP contribution in [0.2, 0.25) is 0 Å². The number of aliphatic imine (C=N–C) groups is 1. The van der Waals surface area contributed by atoms with Crippen LogP contribution in [-0.2, 0) is 0 Å². The Morgan fingerprint density at radius 1 is 0.969 bits per heavy atom. The Kier molecular flexibility index (Phi) is 7.60. The number of methoxy groups -OCH3 is 1. The van der Waals surface area contributed by atoms with Gasteiger partial charge < -0.3 is 24.8 Å². The van der Waals surface area contributed by atoms with Crippen LogP contribution in [0, 0.1) is 0 Å². The largest absolute Gasteiger partial charge is 0.497 e. The Balaban J connectivity index is 1.18. The van der Waals surface area contributed by atoms with Crippen molar-refractivity contribution in [3.63, 3.8) is 0 Å². The third kappa shape index (κ3) is 5.59. The Morgan fingerprint density at radius 2 is 1.69 bits per heavy atom. The number of piperazine rings is 2. The SMILES string of the molecule is CN=C(NCCN1CCN(c2ncccn2)CC1)N1CCN(c2cccc(OC)c2)CC1. The topological polar surface area (TPSA) is 72.4 Å². The lowest BCUT2D eigenvalue weighted by molar-refractivity contribution is 0.258. The molecule has 3 heterocycles. The fraction of sp³-hybridized carbons (Fsp3) is 0.522. The van der Waals surface area contributed by atoms with Gasteiger partial charge >= 0.3 is 0 Å². The van der Waals surface area contributed by atoms with E-state index in [1.165, 1.54) is 5.69 Å².